The number of hydrogen-bond acceptors (Lipinski definition) is 6. The van der Waals surface area contributed by atoms with E-state index in [1.807, 2.05) is 32.8 Å². The summed E-state index contributed by atoms with van der Waals surface area (Å²) in [6.07, 6.45) is 14.2. The van der Waals surface area contributed by atoms with E-state index in [-0.39, 0.29) is 40.1 Å². The normalized spacial score (nSPS) is 20.5. The third kappa shape index (κ3) is 14.0. The van der Waals surface area contributed by atoms with Crippen molar-refractivity contribution in [2.45, 2.75) is 121 Å². The molecule has 3 atom stereocenters. The first kappa shape index (κ1) is 43.2. The Labute approximate surface area is 312 Å². The molecule has 10 nitrogen and oxygen atoms in total. The molecule has 51 heavy (non-hydrogen) atoms. The SMILES string of the molecule is CNCC(C)(C)NC(=O)N1CCCCC1.CNC[C@H](CC1CCCCC1)NC(=O)N1CCC[C@@H]([C@@](O)(CCCCOC)c2cccc(Cl)c2F)C1. The number of ether oxygens (including phenoxy) is 1. The lowest BCUT2D eigenvalue weighted by Crippen LogP contribution is -2.54. The number of likely N-dealkylation sites (N-methyl/N-ethyl adjacent to an activating group) is 2. The van der Waals surface area contributed by atoms with Gasteiger partial charge in [-0.3, -0.25) is 0 Å². The van der Waals surface area contributed by atoms with Crippen LogP contribution in [0.5, 0.6) is 0 Å². The van der Waals surface area contributed by atoms with Gasteiger partial charge in [0.1, 0.15) is 5.82 Å². The summed E-state index contributed by atoms with van der Waals surface area (Å²) in [5, 5.41) is 24.6. The maximum atomic E-state index is 15.1. The van der Waals surface area contributed by atoms with Gasteiger partial charge < -0.3 is 40.9 Å². The Balaban J connectivity index is 0.000000391. The quantitative estimate of drug-likeness (QED) is 0.129. The number of halogens is 2. The van der Waals surface area contributed by atoms with Crippen molar-refractivity contribution < 1.29 is 23.8 Å². The minimum absolute atomic E-state index is 0.00541. The van der Waals surface area contributed by atoms with Crippen molar-refractivity contribution in [2.24, 2.45) is 11.8 Å². The Morgan fingerprint density at radius 1 is 0.961 bits per heavy atom. The Morgan fingerprint density at radius 3 is 2.31 bits per heavy atom. The molecule has 12 heteroatoms. The molecule has 4 rings (SSSR count). The number of piperidine rings is 2. The molecule has 1 aromatic rings. The van der Waals surface area contributed by atoms with Crippen LogP contribution < -0.4 is 21.3 Å². The first-order chi connectivity index (χ1) is 24.4. The number of rotatable bonds is 15. The molecule has 0 aromatic heterocycles. The van der Waals surface area contributed by atoms with Crippen LogP contribution in [-0.2, 0) is 10.3 Å². The predicted molar refractivity (Wildman–Crippen MR) is 205 cm³/mol. The van der Waals surface area contributed by atoms with Crippen molar-refractivity contribution in [2.75, 3.05) is 67.1 Å². The van der Waals surface area contributed by atoms with Gasteiger partial charge in [-0.15, -0.1) is 0 Å². The largest absolute Gasteiger partial charge is 0.385 e. The van der Waals surface area contributed by atoms with Crippen LogP contribution in [0.2, 0.25) is 5.02 Å². The van der Waals surface area contributed by atoms with Gasteiger partial charge in [-0.1, -0.05) is 55.8 Å². The Hall–Kier alpha value is -2.18. The summed E-state index contributed by atoms with van der Waals surface area (Å²) < 4.78 is 20.3. The zero-order chi connectivity index (χ0) is 37.3. The molecule has 3 aliphatic rings. The van der Waals surface area contributed by atoms with Crippen LogP contribution in [-0.4, -0.2) is 106 Å². The standard InChI is InChI=1S/C28H45ClFN3O3.C11H23N3O/c1-31-19-23(18-21-10-4-3-5-11-21)32-27(34)33-16-9-12-22(20-33)28(35,15-6-7-17-36-2)24-13-8-14-25(29)26(24)30;1-11(2,9-12-3)13-10(15)14-7-5-4-6-8-14/h8,13-14,21-23,31,35H,3-7,9-12,15-20H2,1-2H3,(H,32,34);12H,4-9H2,1-3H3,(H,13,15)/t22-,23+,28+;/m1./s1. The van der Waals surface area contributed by atoms with Crippen molar-refractivity contribution in [3.63, 3.8) is 0 Å². The highest BCUT2D eigenvalue weighted by Crippen LogP contribution is 2.42. The average molecular weight is 739 g/mol. The van der Waals surface area contributed by atoms with Crippen molar-refractivity contribution in [1.82, 2.24) is 31.1 Å². The second-order valence-electron chi connectivity index (χ2n) is 15.6. The van der Waals surface area contributed by atoms with Crippen LogP contribution in [0.1, 0.15) is 109 Å². The van der Waals surface area contributed by atoms with Crippen LogP contribution in [0.25, 0.3) is 0 Å². The van der Waals surface area contributed by atoms with Gasteiger partial charge in [0.2, 0.25) is 0 Å². The van der Waals surface area contributed by atoms with E-state index in [9.17, 15) is 14.7 Å². The zero-order valence-electron chi connectivity index (χ0n) is 32.1. The summed E-state index contributed by atoms with van der Waals surface area (Å²) in [7, 11) is 5.46. The summed E-state index contributed by atoms with van der Waals surface area (Å²) in [5.41, 5.74) is -1.36. The highest BCUT2D eigenvalue weighted by molar-refractivity contribution is 6.30. The zero-order valence-corrected chi connectivity index (χ0v) is 32.9. The van der Waals surface area contributed by atoms with Crippen LogP contribution in [0, 0.1) is 17.7 Å². The summed E-state index contributed by atoms with van der Waals surface area (Å²) >= 11 is 6.10. The van der Waals surface area contributed by atoms with Crippen LogP contribution >= 0.6 is 11.6 Å². The number of hydrogen-bond donors (Lipinski definition) is 5. The molecule has 2 aliphatic heterocycles. The van der Waals surface area contributed by atoms with Gasteiger partial charge in [0, 0.05) is 76.0 Å². The maximum Gasteiger partial charge on any atom is 0.317 e. The third-order valence-electron chi connectivity index (χ3n) is 10.8. The number of benzene rings is 1. The first-order valence-electron chi connectivity index (χ1n) is 19.5. The molecule has 5 N–H and O–H groups in total. The van der Waals surface area contributed by atoms with Crippen molar-refractivity contribution in [3.05, 3.63) is 34.6 Å². The number of carbonyl (C=O) groups excluding carboxylic acids is 2. The summed E-state index contributed by atoms with van der Waals surface area (Å²) in [6, 6.07) is 4.87. The number of methoxy groups -OCH3 is 1. The molecule has 1 saturated carbocycles. The molecule has 0 bridgehead atoms. The summed E-state index contributed by atoms with van der Waals surface area (Å²) in [4.78, 5) is 28.9. The van der Waals surface area contributed by atoms with Crippen LogP contribution in [0.3, 0.4) is 0 Å². The third-order valence-corrected chi connectivity index (χ3v) is 11.1. The lowest BCUT2D eigenvalue weighted by Gasteiger charge is -2.43. The Morgan fingerprint density at radius 2 is 1.65 bits per heavy atom. The highest BCUT2D eigenvalue weighted by Gasteiger charge is 2.43. The van der Waals surface area contributed by atoms with Crippen molar-refractivity contribution in [3.8, 4) is 0 Å². The monoisotopic (exact) mass is 738 g/mol. The molecule has 0 unspecified atom stereocenters. The fourth-order valence-corrected chi connectivity index (χ4v) is 8.25. The molecule has 292 valence electrons. The number of likely N-dealkylation sites (tertiary alicyclic amines) is 2. The summed E-state index contributed by atoms with van der Waals surface area (Å²) in [5.74, 6) is -0.195. The van der Waals surface area contributed by atoms with Gasteiger partial charge in [-0.2, -0.15) is 0 Å². The maximum absolute atomic E-state index is 15.1. The predicted octanol–water partition coefficient (Wildman–Crippen LogP) is 6.64. The van der Waals surface area contributed by atoms with Gasteiger partial charge in [0.25, 0.3) is 0 Å². The molecule has 0 radical (unpaired) electrons. The van der Waals surface area contributed by atoms with Crippen molar-refractivity contribution in [1.29, 1.82) is 0 Å². The highest BCUT2D eigenvalue weighted by atomic mass is 35.5. The fourth-order valence-electron chi connectivity index (χ4n) is 8.07. The molecule has 4 amide bonds. The minimum Gasteiger partial charge on any atom is -0.385 e. The molecule has 1 aromatic carbocycles. The lowest BCUT2D eigenvalue weighted by molar-refractivity contribution is -0.0587. The molecular formula is C39H68ClFN6O4. The van der Waals surface area contributed by atoms with Crippen LogP contribution in [0.4, 0.5) is 14.0 Å². The van der Waals surface area contributed by atoms with E-state index in [2.05, 4.69) is 21.3 Å². The van der Waals surface area contributed by atoms with Gasteiger partial charge in [-0.25, -0.2) is 14.0 Å². The molecule has 0 spiro atoms. The van der Waals surface area contributed by atoms with E-state index in [1.165, 1.54) is 44.6 Å². The summed E-state index contributed by atoms with van der Waals surface area (Å²) in [6.45, 7) is 8.99. The minimum atomic E-state index is -1.41. The number of nitrogens with zero attached hydrogens (tertiary/aromatic N) is 2. The second kappa shape index (κ2) is 22.1. The number of amides is 4. The topological polar surface area (TPSA) is 118 Å². The number of carbonyl (C=O) groups is 2. The van der Waals surface area contributed by atoms with E-state index in [4.69, 9.17) is 16.3 Å². The van der Waals surface area contributed by atoms with Gasteiger partial charge in [0.05, 0.1) is 10.6 Å². The number of urea groups is 2. The van der Waals surface area contributed by atoms with E-state index >= 15 is 4.39 Å². The van der Waals surface area contributed by atoms with Crippen molar-refractivity contribution >= 4 is 23.7 Å². The number of nitrogens with one attached hydrogen (secondary N) is 4. The van der Waals surface area contributed by atoms with E-state index in [1.54, 1.807) is 24.1 Å². The van der Waals surface area contributed by atoms with Crippen LogP contribution in [0.15, 0.2) is 18.2 Å². The Bertz CT molecular complexity index is 1180. The van der Waals surface area contributed by atoms with E-state index in [0.717, 1.165) is 64.7 Å². The Kier molecular flexibility index (Phi) is 18.8. The first-order valence-corrected chi connectivity index (χ1v) is 19.9. The van der Waals surface area contributed by atoms with Gasteiger partial charge in [-0.05, 0) is 97.7 Å². The average Bonchev–Trinajstić information content (AvgIpc) is 3.12. The van der Waals surface area contributed by atoms with E-state index in [0.29, 0.717) is 38.5 Å². The smallest absolute Gasteiger partial charge is 0.317 e. The molecule has 1 aliphatic carbocycles. The second-order valence-corrected chi connectivity index (χ2v) is 16.0. The number of aliphatic hydroxyl groups is 1. The van der Waals surface area contributed by atoms with E-state index < -0.39 is 11.4 Å². The van der Waals surface area contributed by atoms with Gasteiger partial charge in [0.15, 0.2) is 0 Å². The van der Waals surface area contributed by atoms with Gasteiger partial charge >= 0.3 is 12.1 Å². The lowest BCUT2D eigenvalue weighted by atomic mass is 9.74. The molecular weight excluding hydrogens is 671 g/mol. The molecule has 3 fully saturated rings. The molecule has 2 saturated heterocycles. The fraction of sp³-hybridized carbons (Fsp3) is 0.795. The number of unbranched alkanes of at least 4 members (excludes halogenated alkanes) is 1. The molecule has 2 heterocycles.